The van der Waals surface area contributed by atoms with Crippen LogP contribution in [-0.2, 0) is 4.74 Å². The maximum Gasteiger partial charge on any atom is 0.335 e. The second-order valence-corrected chi connectivity index (χ2v) is 5.77. The molecule has 4 nitrogen and oxygen atoms in total. The van der Waals surface area contributed by atoms with E-state index in [1.807, 2.05) is 18.2 Å². The molecule has 0 amide bonds. The summed E-state index contributed by atoms with van der Waals surface area (Å²) < 4.78 is 7.78. The number of carbonyl (C=O) groups is 1. The van der Waals surface area contributed by atoms with E-state index in [0.29, 0.717) is 11.6 Å². The molecule has 0 spiro atoms. The minimum atomic E-state index is -0.884. The summed E-state index contributed by atoms with van der Waals surface area (Å²) in [5.41, 5.74) is 2.52. The lowest BCUT2D eigenvalue weighted by atomic mass is 10.1. The number of para-hydroxylation sites is 1. The molecule has 3 aromatic rings. The van der Waals surface area contributed by atoms with Crippen LogP contribution in [0.2, 0.25) is 0 Å². The number of rotatable bonds is 2. The Morgan fingerprint density at radius 2 is 1.77 bits per heavy atom. The van der Waals surface area contributed by atoms with Crippen LogP contribution in [0.25, 0.3) is 21.8 Å². The Balaban J connectivity index is 2.04. The number of nitrogens with zero attached hydrogens (tertiary/aromatic N) is 1. The summed E-state index contributed by atoms with van der Waals surface area (Å²) in [6.07, 6.45) is 1.93. The number of fused-ring (bicyclic) bond motifs is 3. The van der Waals surface area contributed by atoms with Crippen molar-refractivity contribution in [3.63, 3.8) is 0 Å². The summed E-state index contributed by atoms with van der Waals surface area (Å²) in [5, 5.41) is 11.6. The van der Waals surface area contributed by atoms with Gasteiger partial charge in [0.1, 0.15) is 0 Å². The lowest BCUT2D eigenvalue weighted by molar-refractivity contribution is 0.0694. The largest absolute Gasteiger partial charge is 0.478 e. The van der Waals surface area contributed by atoms with Crippen molar-refractivity contribution in [1.29, 1.82) is 0 Å². The van der Waals surface area contributed by atoms with Crippen molar-refractivity contribution in [2.24, 2.45) is 0 Å². The second kappa shape index (κ2) is 5.14. The average Bonchev–Trinajstić information content (AvgIpc) is 2.89. The number of carboxylic acid groups (broad SMARTS) is 1. The molecular weight excluding hydrogens is 278 g/mol. The zero-order valence-corrected chi connectivity index (χ0v) is 12.2. The highest BCUT2D eigenvalue weighted by atomic mass is 16.5. The third-order valence-corrected chi connectivity index (χ3v) is 4.51. The van der Waals surface area contributed by atoms with E-state index in [4.69, 9.17) is 4.74 Å². The van der Waals surface area contributed by atoms with Crippen LogP contribution in [-0.4, -0.2) is 28.9 Å². The van der Waals surface area contributed by atoms with Gasteiger partial charge in [-0.25, -0.2) is 4.79 Å². The topological polar surface area (TPSA) is 51.5 Å². The highest BCUT2D eigenvalue weighted by molar-refractivity contribution is 6.09. The first-order valence-electron chi connectivity index (χ1n) is 7.59. The van der Waals surface area contributed by atoms with Crippen LogP contribution in [0.4, 0.5) is 0 Å². The van der Waals surface area contributed by atoms with Crippen LogP contribution in [0.5, 0.6) is 0 Å². The fourth-order valence-electron chi connectivity index (χ4n) is 3.47. The molecule has 1 N–H and O–H groups in total. The van der Waals surface area contributed by atoms with Crippen LogP contribution in [0.1, 0.15) is 29.2 Å². The lowest BCUT2D eigenvalue weighted by Gasteiger charge is -2.25. The van der Waals surface area contributed by atoms with Crippen molar-refractivity contribution in [3.8, 4) is 0 Å². The van der Waals surface area contributed by atoms with E-state index in [2.05, 4.69) is 16.7 Å². The van der Waals surface area contributed by atoms with Crippen molar-refractivity contribution in [1.82, 2.24) is 4.57 Å². The summed E-state index contributed by atoms with van der Waals surface area (Å²) in [6, 6.07) is 14.1. The van der Waals surface area contributed by atoms with Gasteiger partial charge < -0.3 is 14.4 Å². The summed E-state index contributed by atoms with van der Waals surface area (Å²) in [6.45, 7) is 1.52. The molecule has 2 aromatic carbocycles. The van der Waals surface area contributed by atoms with Crippen molar-refractivity contribution < 1.29 is 14.6 Å². The van der Waals surface area contributed by atoms with Crippen molar-refractivity contribution in [2.45, 2.75) is 18.9 Å². The summed E-state index contributed by atoms with van der Waals surface area (Å²) >= 11 is 0. The van der Waals surface area contributed by atoms with Gasteiger partial charge in [-0.15, -0.1) is 0 Å². The Morgan fingerprint density at radius 1 is 1.05 bits per heavy atom. The molecule has 0 saturated carbocycles. The number of aromatic carboxylic acids is 1. The SMILES string of the molecule is O=C(O)c1ccc2c3ccccc3n(C3CCOCC3)c2c1. The number of carboxylic acids is 1. The van der Waals surface area contributed by atoms with Gasteiger partial charge in [-0.1, -0.05) is 24.3 Å². The number of hydrogen-bond acceptors (Lipinski definition) is 2. The van der Waals surface area contributed by atoms with E-state index < -0.39 is 5.97 Å². The zero-order chi connectivity index (χ0) is 15.1. The van der Waals surface area contributed by atoms with E-state index in [9.17, 15) is 9.90 Å². The first-order chi connectivity index (χ1) is 10.8. The molecule has 0 radical (unpaired) electrons. The zero-order valence-electron chi connectivity index (χ0n) is 12.2. The Kier molecular flexibility index (Phi) is 3.12. The molecule has 1 aromatic heterocycles. The number of ether oxygens (including phenoxy) is 1. The monoisotopic (exact) mass is 295 g/mol. The molecule has 1 fully saturated rings. The van der Waals surface area contributed by atoms with Crippen molar-refractivity contribution in [3.05, 3.63) is 48.0 Å². The van der Waals surface area contributed by atoms with E-state index in [1.165, 1.54) is 10.9 Å². The third-order valence-electron chi connectivity index (χ3n) is 4.51. The van der Waals surface area contributed by atoms with Gasteiger partial charge >= 0.3 is 5.97 Å². The molecule has 4 rings (SSSR count). The Hall–Kier alpha value is -2.33. The fourth-order valence-corrected chi connectivity index (χ4v) is 3.47. The van der Waals surface area contributed by atoms with E-state index in [1.54, 1.807) is 12.1 Å². The van der Waals surface area contributed by atoms with Crippen molar-refractivity contribution >= 4 is 27.8 Å². The summed E-state index contributed by atoms with van der Waals surface area (Å²) in [7, 11) is 0. The van der Waals surface area contributed by atoms with E-state index in [0.717, 1.165) is 37.0 Å². The van der Waals surface area contributed by atoms with Gasteiger partial charge in [-0.2, -0.15) is 0 Å². The maximum atomic E-state index is 11.3. The molecule has 4 heteroatoms. The molecule has 1 saturated heterocycles. The molecule has 1 aliphatic heterocycles. The fraction of sp³-hybridized carbons (Fsp3) is 0.278. The molecule has 0 bridgehead atoms. The van der Waals surface area contributed by atoms with Crippen LogP contribution >= 0.6 is 0 Å². The molecule has 22 heavy (non-hydrogen) atoms. The van der Waals surface area contributed by atoms with Gasteiger partial charge in [-0.05, 0) is 31.0 Å². The highest BCUT2D eigenvalue weighted by Crippen LogP contribution is 2.35. The predicted octanol–water partition coefficient (Wildman–Crippen LogP) is 3.84. The minimum Gasteiger partial charge on any atom is -0.478 e. The Bertz CT molecular complexity index is 859. The third kappa shape index (κ3) is 1.99. The van der Waals surface area contributed by atoms with Gasteiger partial charge in [0.15, 0.2) is 0 Å². The normalized spacial score (nSPS) is 16.4. The van der Waals surface area contributed by atoms with Crippen LogP contribution < -0.4 is 0 Å². The van der Waals surface area contributed by atoms with Crippen LogP contribution in [0.15, 0.2) is 42.5 Å². The standard InChI is InChI=1S/C18H17NO3/c20-18(21)12-5-6-15-14-3-1-2-4-16(14)19(17(15)11-12)13-7-9-22-10-8-13/h1-6,11,13H,7-10H2,(H,20,21). The molecule has 0 atom stereocenters. The van der Waals surface area contributed by atoms with Crippen LogP contribution in [0.3, 0.4) is 0 Å². The van der Waals surface area contributed by atoms with Gasteiger partial charge in [0.25, 0.3) is 0 Å². The van der Waals surface area contributed by atoms with Crippen LogP contribution in [0, 0.1) is 0 Å². The molecule has 0 unspecified atom stereocenters. The molecule has 1 aliphatic rings. The molecule has 2 heterocycles. The number of hydrogen-bond donors (Lipinski definition) is 1. The van der Waals surface area contributed by atoms with Gasteiger partial charge in [0.05, 0.1) is 11.1 Å². The van der Waals surface area contributed by atoms with E-state index >= 15 is 0 Å². The second-order valence-electron chi connectivity index (χ2n) is 5.77. The molecule has 112 valence electrons. The highest BCUT2D eigenvalue weighted by Gasteiger charge is 2.21. The number of aromatic nitrogens is 1. The predicted molar refractivity (Wildman–Crippen MR) is 85.5 cm³/mol. The Morgan fingerprint density at radius 3 is 2.55 bits per heavy atom. The quantitative estimate of drug-likeness (QED) is 0.781. The van der Waals surface area contributed by atoms with E-state index in [-0.39, 0.29) is 0 Å². The molecule has 0 aliphatic carbocycles. The van der Waals surface area contributed by atoms with Gasteiger partial charge in [-0.3, -0.25) is 0 Å². The lowest BCUT2D eigenvalue weighted by Crippen LogP contribution is -2.19. The van der Waals surface area contributed by atoms with Gasteiger partial charge in [0, 0.05) is 35.5 Å². The minimum absolute atomic E-state index is 0.337. The summed E-state index contributed by atoms with van der Waals surface area (Å²) in [4.78, 5) is 11.3. The first-order valence-corrected chi connectivity index (χ1v) is 7.59. The average molecular weight is 295 g/mol. The van der Waals surface area contributed by atoms with Gasteiger partial charge in [0.2, 0.25) is 0 Å². The maximum absolute atomic E-state index is 11.3. The smallest absolute Gasteiger partial charge is 0.335 e. The Labute approximate surface area is 127 Å². The summed E-state index contributed by atoms with van der Waals surface area (Å²) in [5.74, 6) is -0.884. The van der Waals surface area contributed by atoms with Crippen molar-refractivity contribution in [2.75, 3.05) is 13.2 Å². The first kappa shape index (κ1) is 13.3. The molecular formula is C18H17NO3. The number of benzene rings is 2.